The molecule has 2 amide bonds. The number of hydrogen-bond donors (Lipinski definition) is 2. The summed E-state index contributed by atoms with van der Waals surface area (Å²) in [6, 6.07) is 16.8. The van der Waals surface area contributed by atoms with Crippen molar-refractivity contribution in [2.75, 3.05) is 41.3 Å². The normalized spacial score (nSPS) is 19.0. The average Bonchev–Trinajstić information content (AvgIpc) is 3.10. The monoisotopic (exact) mass is 492 g/mol. The molecule has 8 heteroatoms. The molecule has 2 fully saturated rings. The molecule has 2 saturated heterocycles. The second kappa shape index (κ2) is 10.7. The van der Waals surface area contributed by atoms with Crippen molar-refractivity contribution in [2.45, 2.75) is 71.6 Å². The summed E-state index contributed by atoms with van der Waals surface area (Å²) in [6.45, 7) is 16.3. The number of carbonyl (C=O) groups is 1. The van der Waals surface area contributed by atoms with Gasteiger partial charge in [0, 0.05) is 49.3 Å². The molecule has 36 heavy (non-hydrogen) atoms. The zero-order chi connectivity index (χ0) is 25.9. The minimum atomic E-state index is -0.333. The van der Waals surface area contributed by atoms with Gasteiger partial charge in [0.1, 0.15) is 0 Å². The van der Waals surface area contributed by atoms with Crippen molar-refractivity contribution in [1.82, 2.24) is 5.32 Å². The van der Waals surface area contributed by atoms with E-state index in [0.717, 1.165) is 50.2 Å². The van der Waals surface area contributed by atoms with Crippen LogP contribution in [0.4, 0.5) is 21.9 Å². The maximum atomic E-state index is 12.2. The van der Waals surface area contributed by atoms with E-state index >= 15 is 0 Å². The molecule has 0 aromatic heterocycles. The van der Waals surface area contributed by atoms with Gasteiger partial charge in [-0.25, -0.2) is 4.79 Å². The molecule has 0 saturated carbocycles. The minimum Gasteiger partial charge on any atom is -0.399 e. The summed E-state index contributed by atoms with van der Waals surface area (Å²) >= 11 is 0. The summed E-state index contributed by atoms with van der Waals surface area (Å²) in [5.41, 5.74) is 3.59. The molecule has 4 rings (SSSR count). The maximum Gasteiger partial charge on any atom is 0.494 e. The zero-order valence-corrected chi connectivity index (χ0v) is 22.6. The van der Waals surface area contributed by atoms with Crippen LogP contribution in [0.25, 0.3) is 0 Å². The number of piperazine rings is 1. The summed E-state index contributed by atoms with van der Waals surface area (Å²) in [4.78, 5) is 17.0. The third-order valence-electron chi connectivity index (χ3n) is 7.87. The van der Waals surface area contributed by atoms with E-state index in [9.17, 15) is 4.79 Å². The number of rotatable bonds is 7. The molecule has 0 aliphatic carbocycles. The van der Waals surface area contributed by atoms with Gasteiger partial charge in [-0.15, -0.1) is 0 Å². The van der Waals surface area contributed by atoms with Crippen molar-refractivity contribution in [3.05, 3.63) is 48.5 Å². The topological polar surface area (TPSA) is 66.1 Å². The summed E-state index contributed by atoms with van der Waals surface area (Å²) in [7, 11) is -0.329. The van der Waals surface area contributed by atoms with Gasteiger partial charge in [0.05, 0.1) is 11.2 Å². The number of anilines is 3. The molecule has 2 heterocycles. The highest BCUT2D eigenvalue weighted by molar-refractivity contribution is 6.62. The second-order valence-electron chi connectivity index (χ2n) is 10.8. The Morgan fingerprint density at radius 1 is 0.833 bits per heavy atom. The molecule has 0 unspecified atom stereocenters. The van der Waals surface area contributed by atoms with Crippen LogP contribution in [0.1, 0.15) is 54.4 Å². The molecule has 2 aliphatic rings. The Morgan fingerprint density at radius 3 is 1.72 bits per heavy atom. The summed E-state index contributed by atoms with van der Waals surface area (Å²) < 4.78 is 12.4. The Morgan fingerprint density at radius 2 is 1.28 bits per heavy atom. The lowest BCUT2D eigenvalue weighted by Gasteiger charge is -2.37. The third-order valence-corrected chi connectivity index (χ3v) is 7.87. The van der Waals surface area contributed by atoms with Crippen LogP contribution in [0, 0.1) is 0 Å². The minimum absolute atomic E-state index is 0.144. The van der Waals surface area contributed by atoms with Gasteiger partial charge in [0.15, 0.2) is 0 Å². The standard InChI is InChI=1S/C28H41BN4O3/c1-7-22(8-2)30-26(34)31-23-11-15-25(16-12-23)33-19-17-32(18-20-33)24-13-9-21(10-14-24)29-35-27(3,4)28(5,6)36-29/h9-16,22H,7-8,17-20H2,1-6H3,(H2,30,31,34). The average molecular weight is 492 g/mol. The van der Waals surface area contributed by atoms with Gasteiger partial charge >= 0.3 is 13.1 Å². The Kier molecular flexibility index (Phi) is 7.86. The van der Waals surface area contributed by atoms with E-state index < -0.39 is 0 Å². The van der Waals surface area contributed by atoms with Gasteiger partial charge in [-0.1, -0.05) is 26.0 Å². The Labute approximate surface area is 216 Å². The van der Waals surface area contributed by atoms with Gasteiger partial charge in [0.2, 0.25) is 0 Å². The van der Waals surface area contributed by atoms with Gasteiger partial charge in [0.25, 0.3) is 0 Å². The van der Waals surface area contributed by atoms with Crippen LogP contribution < -0.4 is 25.9 Å². The first-order valence-electron chi connectivity index (χ1n) is 13.2. The molecule has 2 aromatic rings. The fraction of sp³-hybridized carbons (Fsp3) is 0.536. The van der Waals surface area contributed by atoms with E-state index in [2.05, 4.69) is 98.4 Å². The van der Waals surface area contributed by atoms with E-state index in [4.69, 9.17) is 9.31 Å². The van der Waals surface area contributed by atoms with E-state index in [1.54, 1.807) is 0 Å². The van der Waals surface area contributed by atoms with Crippen molar-refractivity contribution in [3.8, 4) is 0 Å². The van der Waals surface area contributed by atoms with Crippen LogP contribution in [0.3, 0.4) is 0 Å². The number of amides is 2. The number of benzene rings is 2. The number of carbonyl (C=O) groups excluding carboxylic acids is 1. The highest BCUT2D eigenvalue weighted by atomic mass is 16.7. The van der Waals surface area contributed by atoms with Crippen LogP contribution in [-0.4, -0.2) is 56.6 Å². The quantitative estimate of drug-likeness (QED) is 0.553. The molecule has 194 valence electrons. The molecular weight excluding hydrogens is 451 g/mol. The zero-order valence-electron chi connectivity index (χ0n) is 22.6. The van der Waals surface area contributed by atoms with Crippen molar-refractivity contribution >= 4 is 35.7 Å². The van der Waals surface area contributed by atoms with Gasteiger partial charge < -0.3 is 29.7 Å². The summed E-state index contributed by atoms with van der Waals surface area (Å²) in [5.74, 6) is 0. The van der Waals surface area contributed by atoms with E-state index in [0.29, 0.717) is 0 Å². The first-order chi connectivity index (χ1) is 17.1. The summed E-state index contributed by atoms with van der Waals surface area (Å²) in [5, 5.41) is 5.95. The van der Waals surface area contributed by atoms with Crippen molar-refractivity contribution in [3.63, 3.8) is 0 Å². The summed E-state index contributed by atoms with van der Waals surface area (Å²) in [6.07, 6.45) is 1.86. The predicted octanol–water partition coefficient (Wildman–Crippen LogP) is 4.62. The van der Waals surface area contributed by atoms with E-state index in [1.807, 2.05) is 12.1 Å². The lowest BCUT2D eigenvalue weighted by molar-refractivity contribution is 0.00578. The molecule has 0 radical (unpaired) electrons. The predicted molar refractivity (Wildman–Crippen MR) is 150 cm³/mol. The lowest BCUT2D eigenvalue weighted by Crippen LogP contribution is -2.46. The van der Waals surface area contributed by atoms with Crippen LogP contribution in [0.5, 0.6) is 0 Å². The van der Waals surface area contributed by atoms with Crippen LogP contribution in [0.15, 0.2) is 48.5 Å². The molecule has 0 bridgehead atoms. The maximum absolute atomic E-state index is 12.2. The molecule has 0 atom stereocenters. The molecular formula is C28H41BN4O3. The molecule has 2 N–H and O–H groups in total. The molecule has 2 aliphatic heterocycles. The smallest absolute Gasteiger partial charge is 0.399 e. The molecule has 0 spiro atoms. The van der Waals surface area contributed by atoms with Crippen molar-refractivity contribution < 1.29 is 14.1 Å². The van der Waals surface area contributed by atoms with Gasteiger partial charge in [-0.05, 0) is 82.4 Å². The van der Waals surface area contributed by atoms with Crippen LogP contribution >= 0.6 is 0 Å². The first-order valence-corrected chi connectivity index (χ1v) is 13.2. The highest BCUT2D eigenvalue weighted by Crippen LogP contribution is 2.36. The Balaban J connectivity index is 1.28. The Bertz CT molecular complexity index is 998. The van der Waals surface area contributed by atoms with E-state index in [1.165, 1.54) is 11.4 Å². The largest absolute Gasteiger partial charge is 0.494 e. The molecule has 7 nitrogen and oxygen atoms in total. The fourth-order valence-corrected chi connectivity index (χ4v) is 4.65. The van der Waals surface area contributed by atoms with Gasteiger partial charge in [-0.2, -0.15) is 0 Å². The van der Waals surface area contributed by atoms with Crippen molar-refractivity contribution in [1.29, 1.82) is 0 Å². The number of urea groups is 1. The number of nitrogens with zero attached hydrogens (tertiary/aromatic N) is 2. The SMILES string of the molecule is CCC(CC)NC(=O)Nc1ccc(N2CCN(c3ccc(B4OC(C)(C)C(C)(C)O4)cc3)CC2)cc1. The van der Waals surface area contributed by atoms with Crippen LogP contribution in [-0.2, 0) is 9.31 Å². The third kappa shape index (κ3) is 5.81. The Hall–Kier alpha value is -2.71. The fourth-order valence-electron chi connectivity index (χ4n) is 4.65. The van der Waals surface area contributed by atoms with Crippen molar-refractivity contribution in [2.24, 2.45) is 0 Å². The number of hydrogen-bond acceptors (Lipinski definition) is 5. The highest BCUT2D eigenvalue weighted by Gasteiger charge is 2.51. The second-order valence-corrected chi connectivity index (χ2v) is 10.8. The number of nitrogens with one attached hydrogen (secondary N) is 2. The lowest BCUT2D eigenvalue weighted by atomic mass is 9.79. The van der Waals surface area contributed by atoms with E-state index in [-0.39, 0.29) is 30.4 Å². The first kappa shape index (κ1) is 26.4. The molecule has 2 aromatic carbocycles. The van der Waals surface area contributed by atoms with Crippen LogP contribution in [0.2, 0.25) is 0 Å². The van der Waals surface area contributed by atoms with Gasteiger partial charge in [-0.3, -0.25) is 0 Å².